The number of nitrogens with zero attached hydrogens (tertiary/aromatic N) is 2. The number of rotatable bonds is 8. The summed E-state index contributed by atoms with van der Waals surface area (Å²) < 4.78 is 7.42. The van der Waals surface area contributed by atoms with Crippen molar-refractivity contribution in [3.8, 4) is 11.3 Å². The average molecular weight is 478 g/mol. The summed E-state index contributed by atoms with van der Waals surface area (Å²) in [4.78, 5) is 37.6. The van der Waals surface area contributed by atoms with E-state index in [0.717, 1.165) is 36.8 Å². The molecule has 9 nitrogen and oxygen atoms in total. The lowest BCUT2D eigenvalue weighted by Crippen LogP contribution is -2.50. The van der Waals surface area contributed by atoms with Gasteiger partial charge in [0.25, 0.3) is 11.8 Å². The SMILES string of the molecule is CNC(=O)C(NC(=O)c1ccc(-c2cccc(CNC(=O)c3ccn(C)n3)c2)o1)C1CCCCC1. The van der Waals surface area contributed by atoms with Crippen LogP contribution in [0.2, 0.25) is 0 Å². The van der Waals surface area contributed by atoms with E-state index in [4.69, 9.17) is 4.42 Å². The molecule has 0 spiro atoms. The van der Waals surface area contributed by atoms with Gasteiger partial charge in [-0.25, -0.2) is 0 Å². The summed E-state index contributed by atoms with van der Waals surface area (Å²) in [6, 6.07) is 12.0. The van der Waals surface area contributed by atoms with Crippen LogP contribution in [-0.4, -0.2) is 40.6 Å². The zero-order valence-corrected chi connectivity index (χ0v) is 20.0. The summed E-state index contributed by atoms with van der Waals surface area (Å²) >= 11 is 0. The third-order valence-corrected chi connectivity index (χ3v) is 6.38. The fourth-order valence-corrected chi connectivity index (χ4v) is 4.49. The van der Waals surface area contributed by atoms with Crippen molar-refractivity contribution in [2.75, 3.05) is 7.05 Å². The van der Waals surface area contributed by atoms with Gasteiger partial charge in [0.05, 0.1) is 0 Å². The minimum absolute atomic E-state index is 0.125. The molecule has 1 atom stereocenters. The van der Waals surface area contributed by atoms with Crippen LogP contribution in [0.5, 0.6) is 0 Å². The molecule has 9 heteroatoms. The van der Waals surface area contributed by atoms with Crippen LogP contribution in [0, 0.1) is 5.92 Å². The van der Waals surface area contributed by atoms with Crippen LogP contribution in [-0.2, 0) is 18.4 Å². The minimum Gasteiger partial charge on any atom is -0.451 e. The van der Waals surface area contributed by atoms with Crippen molar-refractivity contribution >= 4 is 17.7 Å². The van der Waals surface area contributed by atoms with Gasteiger partial charge in [-0.05, 0) is 48.6 Å². The first kappa shape index (κ1) is 24.3. The van der Waals surface area contributed by atoms with E-state index in [0.29, 0.717) is 18.0 Å². The normalized spacial score (nSPS) is 14.8. The third-order valence-electron chi connectivity index (χ3n) is 6.38. The molecule has 1 aliphatic rings. The van der Waals surface area contributed by atoms with Gasteiger partial charge in [-0.2, -0.15) is 5.10 Å². The zero-order chi connectivity index (χ0) is 24.8. The van der Waals surface area contributed by atoms with E-state index < -0.39 is 11.9 Å². The highest BCUT2D eigenvalue weighted by Crippen LogP contribution is 2.27. The number of carbonyl (C=O) groups is 3. The molecule has 2 heterocycles. The number of amides is 3. The lowest BCUT2D eigenvalue weighted by atomic mass is 9.83. The Morgan fingerprint density at radius 2 is 1.89 bits per heavy atom. The van der Waals surface area contributed by atoms with Crippen molar-refractivity contribution in [3.63, 3.8) is 0 Å². The molecular formula is C26H31N5O4. The number of hydrogen-bond donors (Lipinski definition) is 3. The molecule has 184 valence electrons. The summed E-state index contributed by atoms with van der Waals surface area (Å²) in [5.74, 6) is -0.0379. The molecule has 3 aromatic rings. The van der Waals surface area contributed by atoms with E-state index in [2.05, 4.69) is 21.0 Å². The molecular weight excluding hydrogens is 446 g/mol. The maximum absolute atomic E-state index is 12.9. The Bertz CT molecular complexity index is 1190. The largest absolute Gasteiger partial charge is 0.451 e. The van der Waals surface area contributed by atoms with Gasteiger partial charge in [0, 0.05) is 32.4 Å². The highest BCUT2D eigenvalue weighted by atomic mass is 16.4. The van der Waals surface area contributed by atoms with Gasteiger partial charge in [0.2, 0.25) is 5.91 Å². The quantitative estimate of drug-likeness (QED) is 0.461. The first-order valence-electron chi connectivity index (χ1n) is 11.9. The summed E-state index contributed by atoms with van der Waals surface area (Å²) in [7, 11) is 3.34. The summed E-state index contributed by atoms with van der Waals surface area (Å²) in [6.45, 7) is 0.326. The summed E-state index contributed by atoms with van der Waals surface area (Å²) in [5, 5.41) is 12.5. The molecule has 1 aliphatic carbocycles. The number of carbonyl (C=O) groups excluding carboxylic acids is 3. The van der Waals surface area contributed by atoms with Gasteiger partial charge in [-0.15, -0.1) is 0 Å². The van der Waals surface area contributed by atoms with Crippen LogP contribution < -0.4 is 16.0 Å². The number of aryl methyl sites for hydroxylation is 1. The average Bonchev–Trinajstić information content (AvgIpc) is 3.56. The smallest absolute Gasteiger partial charge is 0.287 e. The lowest BCUT2D eigenvalue weighted by molar-refractivity contribution is -0.124. The molecule has 4 rings (SSSR count). The standard InChI is InChI=1S/C26H31N5O4/c1-27-26(34)23(18-8-4-3-5-9-18)29-25(33)22-12-11-21(35-22)19-10-6-7-17(15-19)16-28-24(32)20-13-14-31(2)30-20/h6-7,10-15,18,23H,3-5,8-9,16H2,1-2H3,(H,27,34)(H,28,32)(H,29,33). The van der Waals surface area contributed by atoms with E-state index in [-0.39, 0.29) is 23.5 Å². The van der Waals surface area contributed by atoms with Crippen molar-refractivity contribution in [2.45, 2.75) is 44.7 Å². The van der Waals surface area contributed by atoms with E-state index in [1.54, 1.807) is 43.2 Å². The number of nitrogens with one attached hydrogen (secondary N) is 3. The molecule has 3 N–H and O–H groups in total. The second kappa shape index (κ2) is 11.0. The molecule has 3 amide bonds. The van der Waals surface area contributed by atoms with Gasteiger partial charge < -0.3 is 20.4 Å². The van der Waals surface area contributed by atoms with Crippen molar-refractivity contribution in [1.82, 2.24) is 25.7 Å². The highest BCUT2D eigenvalue weighted by molar-refractivity contribution is 5.96. The molecule has 2 aromatic heterocycles. The topological polar surface area (TPSA) is 118 Å². The van der Waals surface area contributed by atoms with E-state index in [1.807, 2.05) is 24.3 Å². The molecule has 0 saturated heterocycles. The molecule has 35 heavy (non-hydrogen) atoms. The fraction of sp³-hybridized carbons (Fsp3) is 0.385. The maximum Gasteiger partial charge on any atom is 0.287 e. The van der Waals surface area contributed by atoms with Crippen LogP contribution in [0.1, 0.15) is 58.7 Å². The summed E-state index contributed by atoms with van der Waals surface area (Å²) in [6.07, 6.45) is 6.86. The number of benzene rings is 1. The molecule has 0 aliphatic heterocycles. The van der Waals surface area contributed by atoms with Crippen LogP contribution in [0.3, 0.4) is 0 Å². The Hall–Kier alpha value is -3.88. The lowest BCUT2D eigenvalue weighted by Gasteiger charge is -2.29. The molecule has 1 unspecified atom stereocenters. The second-order valence-corrected chi connectivity index (χ2v) is 8.89. The molecule has 1 saturated carbocycles. The monoisotopic (exact) mass is 477 g/mol. The van der Waals surface area contributed by atoms with Gasteiger partial charge in [0.1, 0.15) is 17.5 Å². The van der Waals surface area contributed by atoms with Crippen molar-refractivity contribution < 1.29 is 18.8 Å². The molecule has 0 bridgehead atoms. The van der Waals surface area contributed by atoms with Crippen LogP contribution in [0.15, 0.2) is 53.1 Å². The van der Waals surface area contributed by atoms with Crippen LogP contribution >= 0.6 is 0 Å². The predicted octanol–water partition coefficient (Wildman–Crippen LogP) is 3.03. The number of aromatic nitrogens is 2. The number of likely N-dealkylation sites (N-methyl/N-ethyl adjacent to an activating group) is 1. The Kier molecular flexibility index (Phi) is 7.64. The van der Waals surface area contributed by atoms with E-state index in [9.17, 15) is 14.4 Å². The van der Waals surface area contributed by atoms with E-state index >= 15 is 0 Å². The fourth-order valence-electron chi connectivity index (χ4n) is 4.49. The van der Waals surface area contributed by atoms with Gasteiger partial charge >= 0.3 is 0 Å². The molecule has 1 fully saturated rings. The maximum atomic E-state index is 12.9. The van der Waals surface area contributed by atoms with Gasteiger partial charge in [-0.3, -0.25) is 19.1 Å². The highest BCUT2D eigenvalue weighted by Gasteiger charge is 2.31. The molecule has 1 aromatic carbocycles. The van der Waals surface area contributed by atoms with Crippen molar-refractivity contribution in [1.29, 1.82) is 0 Å². The van der Waals surface area contributed by atoms with Gasteiger partial charge in [-0.1, -0.05) is 37.5 Å². The third kappa shape index (κ3) is 5.98. The first-order valence-corrected chi connectivity index (χ1v) is 11.9. The predicted molar refractivity (Wildman–Crippen MR) is 130 cm³/mol. The van der Waals surface area contributed by atoms with Gasteiger partial charge in [0.15, 0.2) is 5.76 Å². The minimum atomic E-state index is -0.576. The van der Waals surface area contributed by atoms with Crippen molar-refractivity contribution in [2.24, 2.45) is 13.0 Å². The zero-order valence-electron chi connectivity index (χ0n) is 20.0. The van der Waals surface area contributed by atoms with E-state index in [1.165, 1.54) is 6.42 Å². The number of hydrogen-bond acceptors (Lipinski definition) is 5. The van der Waals surface area contributed by atoms with Crippen molar-refractivity contribution in [3.05, 3.63) is 65.7 Å². The first-order chi connectivity index (χ1) is 16.9. The Labute approximate surface area is 204 Å². The Balaban J connectivity index is 1.41. The summed E-state index contributed by atoms with van der Waals surface area (Å²) in [5.41, 5.74) is 2.02. The van der Waals surface area contributed by atoms with Crippen LogP contribution in [0.4, 0.5) is 0 Å². The second-order valence-electron chi connectivity index (χ2n) is 8.89. The Morgan fingerprint density at radius 1 is 1.09 bits per heavy atom. The van der Waals surface area contributed by atoms with Crippen LogP contribution in [0.25, 0.3) is 11.3 Å². The number of furan rings is 1. The Morgan fingerprint density at radius 3 is 2.60 bits per heavy atom. The molecule has 0 radical (unpaired) electrons.